The zero-order valence-corrected chi connectivity index (χ0v) is 10.6. The van der Waals surface area contributed by atoms with E-state index in [1.165, 1.54) is 6.07 Å². The molecule has 2 N–H and O–H groups in total. The van der Waals surface area contributed by atoms with Crippen LogP contribution in [0.4, 0.5) is 4.39 Å². The smallest absolute Gasteiger partial charge is 0.127 e. The molecule has 96 valence electrons. The van der Waals surface area contributed by atoms with Crippen molar-refractivity contribution >= 4 is 0 Å². The van der Waals surface area contributed by atoms with Gasteiger partial charge in [0.1, 0.15) is 11.6 Å². The molecule has 3 nitrogen and oxygen atoms in total. The van der Waals surface area contributed by atoms with E-state index in [0.29, 0.717) is 12.0 Å². The molecule has 2 rings (SSSR count). The summed E-state index contributed by atoms with van der Waals surface area (Å²) in [6, 6.07) is 5.09. The molecular weight excluding hydrogens is 229 g/mol. The lowest BCUT2D eigenvalue weighted by Gasteiger charge is -2.08. The summed E-state index contributed by atoms with van der Waals surface area (Å²) in [5.41, 5.74) is 7.11. The van der Waals surface area contributed by atoms with E-state index in [4.69, 9.17) is 5.73 Å². The Bertz CT molecular complexity index is 520. The van der Waals surface area contributed by atoms with Crippen LogP contribution >= 0.6 is 0 Å². The number of imidazole rings is 1. The highest BCUT2D eigenvalue weighted by Crippen LogP contribution is 2.13. The molecule has 4 heteroatoms. The molecule has 0 unspecified atom stereocenters. The van der Waals surface area contributed by atoms with Gasteiger partial charge in [-0.25, -0.2) is 9.37 Å². The van der Waals surface area contributed by atoms with E-state index in [-0.39, 0.29) is 12.4 Å². The zero-order valence-electron chi connectivity index (χ0n) is 10.6. The summed E-state index contributed by atoms with van der Waals surface area (Å²) >= 11 is 0. The minimum Gasteiger partial charge on any atom is -0.335 e. The number of hydrogen-bond acceptors (Lipinski definition) is 2. The highest BCUT2D eigenvalue weighted by Gasteiger charge is 2.06. The fourth-order valence-corrected chi connectivity index (χ4v) is 2.03. The predicted octanol–water partition coefficient (Wildman–Crippen LogP) is 2.48. The molecule has 0 spiro atoms. The number of nitrogens with zero attached hydrogens (tertiary/aromatic N) is 2. The van der Waals surface area contributed by atoms with Crippen LogP contribution in [-0.2, 0) is 19.5 Å². The average Bonchev–Trinajstić information content (AvgIpc) is 2.80. The molecule has 1 heterocycles. The summed E-state index contributed by atoms with van der Waals surface area (Å²) in [4.78, 5) is 4.35. The average molecular weight is 247 g/mol. The van der Waals surface area contributed by atoms with Gasteiger partial charge >= 0.3 is 0 Å². The lowest BCUT2D eigenvalue weighted by atomic mass is 10.1. The van der Waals surface area contributed by atoms with Gasteiger partial charge in [0.05, 0.1) is 0 Å². The number of benzene rings is 1. The van der Waals surface area contributed by atoms with E-state index in [9.17, 15) is 4.39 Å². The molecule has 0 radical (unpaired) electrons. The van der Waals surface area contributed by atoms with Crippen LogP contribution in [0.1, 0.15) is 30.3 Å². The van der Waals surface area contributed by atoms with Crippen LogP contribution in [-0.4, -0.2) is 9.55 Å². The topological polar surface area (TPSA) is 43.8 Å². The van der Waals surface area contributed by atoms with Gasteiger partial charge in [-0.1, -0.05) is 19.1 Å². The summed E-state index contributed by atoms with van der Waals surface area (Å²) in [7, 11) is 0. The van der Waals surface area contributed by atoms with Gasteiger partial charge in [-0.05, 0) is 18.1 Å². The number of aromatic nitrogens is 2. The van der Waals surface area contributed by atoms with Crippen molar-refractivity contribution in [3.8, 4) is 0 Å². The van der Waals surface area contributed by atoms with Crippen molar-refractivity contribution in [2.24, 2.45) is 5.73 Å². The first-order valence-electron chi connectivity index (χ1n) is 6.22. The molecule has 0 aliphatic rings. The zero-order chi connectivity index (χ0) is 13.0. The molecule has 0 aliphatic carbocycles. The summed E-state index contributed by atoms with van der Waals surface area (Å²) in [6.45, 7) is 3.32. The molecule has 1 aromatic carbocycles. The van der Waals surface area contributed by atoms with E-state index in [0.717, 1.165) is 24.4 Å². The second kappa shape index (κ2) is 5.78. The quantitative estimate of drug-likeness (QED) is 0.882. The van der Waals surface area contributed by atoms with Crippen molar-refractivity contribution in [1.82, 2.24) is 9.55 Å². The van der Waals surface area contributed by atoms with E-state index in [1.54, 1.807) is 12.3 Å². The van der Waals surface area contributed by atoms with E-state index in [1.807, 2.05) is 12.3 Å². The van der Waals surface area contributed by atoms with Crippen molar-refractivity contribution in [2.75, 3.05) is 0 Å². The largest absolute Gasteiger partial charge is 0.335 e. The third-order valence-corrected chi connectivity index (χ3v) is 2.96. The number of rotatable bonds is 5. The second-order valence-electron chi connectivity index (χ2n) is 4.34. The molecule has 0 atom stereocenters. The number of halogens is 1. The van der Waals surface area contributed by atoms with Gasteiger partial charge < -0.3 is 10.3 Å². The van der Waals surface area contributed by atoms with Gasteiger partial charge in [0.25, 0.3) is 0 Å². The molecule has 1 aromatic heterocycles. The predicted molar refractivity (Wildman–Crippen MR) is 69.6 cm³/mol. The monoisotopic (exact) mass is 247 g/mol. The molecule has 0 saturated carbocycles. The van der Waals surface area contributed by atoms with Crippen molar-refractivity contribution in [3.05, 3.63) is 53.4 Å². The third-order valence-electron chi connectivity index (χ3n) is 2.96. The second-order valence-corrected chi connectivity index (χ2v) is 4.34. The van der Waals surface area contributed by atoms with Crippen LogP contribution in [0.15, 0.2) is 30.6 Å². The summed E-state index contributed by atoms with van der Waals surface area (Å²) in [5.74, 6) is 0.768. The maximum absolute atomic E-state index is 13.3. The van der Waals surface area contributed by atoms with Crippen LogP contribution < -0.4 is 5.73 Å². The maximum atomic E-state index is 13.3. The van der Waals surface area contributed by atoms with E-state index < -0.39 is 0 Å². The molecule has 0 saturated heterocycles. The Hall–Kier alpha value is -1.68. The molecular formula is C14H18FN3. The van der Waals surface area contributed by atoms with Crippen LogP contribution in [0, 0.1) is 5.82 Å². The Morgan fingerprint density at radius 1 is 1.39 bits per heavy atom. The minimum atomic E-state index is -0.238. The van der Waals surface area contributed by atoms with E-state index in [2.05, 4.69) is 16.5 Å². The third kappa shape index (κ3) is 2.76. The number of hydrogen-bond donors (Lipinski definition) is 1. The lowest BCUT2D eigenvalue weighted by molar-refractivity contribution is 0.609. The highest BCUT2D eigenvalue weighted by molar-refractivity contribution is 5.27. The first kappa shape index (κ1) is 12.8. The van der Waals surface area contributed by atoms with Gasteiger partial charge in [0.2, 0.25) is 0 Å². The molecule has 0 bridgehead atoms. The Balaban J connectivity index is 2.20. The first-order chi connectivity index (χ1) is 8.74. The molecule has 2 aromatic rings. The van der Waals surface area contributed by atoms with Crippen LogP contribution in [0.25, 0.3) is 0 Å². The highest BCUT2D eigenvalue weighted by atomic mass is 19.1. The summed E-state index contributed by atoms with van der Waals surface area (Å²) in [5, 5.41) is 0. The lowest BCUT2D eigenvalue weighted by Crippen LogP contribution is -2.05. The van der Waals surface area contributed by atoms with Gasteiger partial charge in [0.15, 0.2) is 0 Å². The van der Waals surface area contributed by atoms with Crippen LogP contribution in [0.3, 0.4) is 0 Å². The Morgan fingerprint density at radius 2 is 2.22 bits per heavy atom. The molecule has 0 fully saturated rings. The summed E-state index contributed by atoms with van der Waals surface area (Å²) < 4.78 is 15.5. The fourth-order valence-electron chi connectivity index (χ4n) is 2.03. The number of nitrogens with two attached hydrogens (primary N) is 1. The van der Waals surface area contributed by atoms with Gasteiger partial charge in [-0.3, -0.25) is 0 Å². The first-order valence-corrected chi connectivity index (χ1v) is 6.22. The Kier molecular flexibility index (Phi) is 4.10. The standard InChI is InChI=1S/C14H18FN3/c1-2-6-18-7-5-17-14(18)9-11-3-4-13(15)12(8-11)10-16/h3-5,7-8H,2,6,9-10,16H2,1H3. The molecule has 0 aliphatic heterocycles. The van der Waals surface area contributed by atoms with Gasteiger partial charge in [0, 0.05) is 37.5 Å². The fraction of sp³-hybridized carbons (Fsp3) is 0.357. The van der Waals surface area contributed by atoms with Crippen molar-refractivity contribution in [2.45, 2.75) is 32.9 Å². The van der Waals surface area contributed by atoms with E-state index >= 15 is 0 Å². The Labute approximate surface area is 106 Å². The Morgan fingerprint density at radius 3 is 2.94 bits per heavy atom. The number of aryl methyl sites for hydroxylation is 1. The van der Waals surface area contributed by atoms with Crippen molar-refractivity contribution in [1.29, 1.82) is 0 Å². The van der Waals surface area contributed by atoms with Crippen LogP contribution in [0.2, 0.25) is 0 Å². The maximum Gasteiger partial charge on any atom is 0.127 e. The van der Waals surface area contributed by atoms with Crippen molar-refractivity contribution < 1.29 is 4.39 Å². The summed E-state index contributed by atoms with van der Waals surface area (Å²) in [6.07, 6.45) is 5.56. The molecule has 0 amide bonds. The molecule has 18 heavy (non-hydrogen) atoms. The van der Waals surface area contributed by atoms with Gasteiger partial charge in [-0.2, -0.15) is 0 Å². The normalized spacial score (nSPS) is 10.8. The minimum absolute atomic E-state index is 0.225. The van der Waals surface area contributed by atoms with Gasteiger partial charge in [-0.15, -0.1) is 0 Å². The van der Waals surface area contributed by atoms with Crippen LogP contribution in [0.5, 0.6) is 0 Å². The van der Waals surface area contributed by atoms with Crippen molar-refractivity contribution in [3.63, 3.8) is 0 Å². The SMILES string of the molecule is CCCn1ccnc1Cc1ccc(F)c(CN)c1.